The molecule has 106 valence electrons. The van der Waals surface area contributed by atoms with Gasteiger partial charge in [-0.2, -0.15) is 4.98 Å². The van der Waals surface area contributed by atoms with Gasteiger partial charge in [0, 0.05) is 13.5 Å². The van der Waals surface area contributed by atoms with Crippen molar-refractivity contribution in [1.29, 1.82) is 0 Å². The lowest BCUT2D eigenvalue weighted by atomic mass is 9.86. The first-order chi connectivity index (χ1) is 8.91. The van der Waals surface area contributed by atoms with E-state index in [1.807, 2.05) is 13.8 Å². The van der Waals surface area contributed by atoms with E-state index in [2.05, 4.69) is 10.1 Å². The van der Waals surface area contributed by atoms with Gasteiger partial charge in [0.2, 0.25) is 11.7 Å². The van der Waals surface area contributed by atoms with Crippen molar-refractivity contribution in [3.63, 3.8) is 0 Å². The fourth-order valence-electron chi connectivity index (χ4n) is 2.24. The molecule has 1 N–H and O–H groups in total. The van der Waals surface area contributed by atoms with Crippen LogP contribution in [0.3, 0.4) is 0 Å². The number of aliphatic carboxylic acids is 1. The molecule has 0 radical (unpaired) electrons. The van der Waals surface area contributed by atoms with Gasteiger partial charge in [0.05, 0.1) is 6.42 Å². The molecule has 1 atom stereocenters. The van der Waals surface area contributed by atoms with Gasteiger partial charge in [0.1, 0.15) is 6.10 Å². The van der Waals surface area contributed by atoms with Crippen LogP contribution in [-0.4, -0.2) is 28.3 Å². The highest BCUT2D eigenvalue weighted by Crippen LogP contribution is 2.42. The summed E-state index contributed by atoms with van der Waals surface area (Å²) in [5.41, 5.74) is -0.405. The van der Waals surface area contributed by atoms with Crippen LogP contribution in [0, 0.1) is 11.3 Å². The second-order valence-corrected chi connectivity index (χ2v) is 5.95. The van der Waals surface area contributed by atoms with Crippen LogP contribution in [0.4, 0.5) is 0 Å². The third-order valence-corrected chi connectivity index (χ3v) is 3.30. The molecule has 6 nitrogen and oxygen atoms in total. The van der Waals surface area contributed by atoms with Crippen molar-refractivity contribution in [1.82, 2.24) is 10.1 Å². The highest BCUT2D eigenvalue weighted by atomic mass is 16.5. The molecular formula is C13H20N2O4. The standard InChI is InChI=1S/C13H20N2O4/c1-13(2,7-10(16)17)6-9-14-12(15-19-9)11(18-3)8-4-5-8/h8,11H,4-7H2,1-3H3,(H,16,17). The smallest absolute Gasteiger partial charge is 0.303 e. The van der Waals surface area contributed by atoms with Gasteiger partial charge in [-0.1, -0.05) is 19.0 Å². The first kappa shape index (κ1) is 14.0. The second-order valence-electron chi connectivity index (χ2n) is 5.95. The second kappa shape index (κ2) is 5.28. The Morgan fingerprint density at radius 2 is 2.26 bits per heavy atom. The van der Waals surface area contributed by atoms with Gasteiger partial charge in [0.25, 0.3) is 0 Å². The predicted molar refractivity (Wildman–Crippen MR) is 66.5 cm³/mol. The molecule has 0 aromatic carbocycles. The number of carbonyl (C=O) groups is 1. The van der Waals surface area contributed by atoms with Gasteiger partial charge in [-0.3, -0.25) is 4.79 Å². The van der Waals surface area contributed by atoms with E-state index >= 15 is 0 Å². The maximum atomic E-state index is 10.8. The lowest BCUT2D eigenvalue weighted by Crippen LogP contribution is -2.20. The van der Waals surface area contributed by atoms with Crippen LogP contribution in [-0.2, 0) is 16.0 Å². The Balaban J connectivity index is 2.02. The molecule has 1 aromatic heterocycles. The van der Waals surface area contributed by atoms with E-state index in [0.717, 1.165) is 12.8 Å². The number of methoxy groups -OCH3 is 1. The average Bonchev–Trinajstić information content (AvgIpc) is 2.99. The topological polar surface area (TPSA) is 85.5 Å². The van der Waals surface area contributed by atoms with Crippen molar-refractivity contribution in [2.75, 3.05) is 7.11 Å². The van der Waals surface area contributed by atoms with E-state index in [1.165, 1.54) is 0 Å². The Bertz CT molecular complexity index is 451. The maximum Gasteiger partial charge on any atom is 0.303 e. The van der Waals surface area contributed by atoms with Crippen molar-refractivity contribution in [2.24, 2.45) is 11.3 Å². The summed E-state index contributed by atoms with van der Waals surface area (Å²) in [6.45, 7) is 3.75. The third-order valence-electron chi connectivity index (χ3n) is 3.30. The summed E-state index contributed by atoms with van der Waals surface area (Å²) in [5.74, 6) is 0.718. The number of carboxylic acid groups (broad SMARTS) is 1. The SMILES string of the molecule is COC(c1noc(CC(C)(C)CC(=O)O)n1)C1CC1. The van der Waals surface area contributed by atoms with Crippen LogP contribution in [0.1, 0.15) is 50.9 Å². The van der Waals surface area contributed by atoms with Gasteiger partial charge < -0.3 is 14.4 Å². The number of carboxylic acids is 1. The number of ether oxygens (including phenoxy) is 1. The van der Waals surface area contributed by atoms with E-state index < -0.39 is 11.4 Å². The minimum absolute atomic E-state index is 0.0705. The van der Waals surface area contributed by atoms with E-state index in [9.17, 15) is 4.79 Å². The van der Waals surface area contributed by atoms with E-state index in [4.69, 9.17) is 14.4 Å². The summed E-state index contributed by atoms with van der Waals surface area (Å²) in [6.07, 6.45) is 2.69. The molecule has 1 saturated carbocycles. The van der Waals surface area contributed by atoms with Crippen LogP contribution in [0.2, 0.25) is 0 Å². The molecule has 1 aliphatic rings. The largest absolute Gasteiger partial charge is 0.481 e. The first-order valence-corrected chi connectivity index (χ1v) is 6.48. The Labute approximate surface area is 112 Å². The zero-order valence-corrected chi connectivity index (χ0v) is 11.5. The molecule has 1 unspecified atom stereocenters. The molecular weight excluding hydrogens is 248 g/mol. The summed E-state index contributed by atoms with van der Waals surface area (Å²) in [7, 11) is 1.65. The molecule has 0 amide bonds. The Morgan fingerprint density at radius 3 is 2.79 bits per heavy atom. The molecule has 0 aliphatic heterocycles. The van der Waals surface area contributed by atoms with Crippen LogP contribution >= 0.6 is 0 Å². The number of hydrogen-bond acceptors (Lipinski definition) is 5. The fraction of sp³-hybridized carbons (Fsp3) is 0.769. The van der Waals surface area contributed by atoms with Gasteiger partial charge in [-0.25, -0.2) is 0 Å². The molecule has 6 heteroatoms. The zero-order chi connectivity index (χ0) is 14.0. The van der Waals surface area contributed by atoms with Gasteiger partial charge in [-0.15, -0.1) is 0 Å². The van der Waals surface area contributed by atoms with Gasteiger partial charge in [0.15, 0.2) is 0 Å². The monoisotopic (exact) mass is 268 g/mol. The zero-order valence-electron chi connectivity index (χ0n) is 11.5. The van der Waals surface area contributed by atoms with Crippen molar-refractivity contribution < 1.29 is 19.2 Å². The van der Waals surface area contributed by atoms with Crippen molar-refractivity contribution in [3.05, 3.63) is 11.7 Å². The van der Waals surface area contributed by atoms with Gasteiger partial charge >= 0.3 is 5.97 Å². The van der Waals surface area contributed by atoms with Crippen LogP contribution in [0.25, 0.3) is 0 Å². The molecule has 2 rings (SSSR count). The highest BCUT2D eigenvalue weighted by Gasteiger charge is 2.36. The number of rotatable bonds is 7. The van der Waals surface area contributed by atoms with Crippen molar-refractivity contribution >= 4 is 5.97 Å². The Morgan fingerprint density at radius 1 is 1.58 bits per heavy atom. The average molecular weight is 268 g/mol. The Hall–Kier alpha value is -1.43. The quantitative estimate of drug-likeness (QED) is 0.816. The van der Waals surface area contributed by atoms with Gasteiger partial charge in [-0.05, 0) is 24.2 Å². The van der Waals surface area contributed by atoms with Crippen LogP contribution in [0.5, 0.6) is 0 Å². The molecule has 1 fully saturated rings. The fourth-order valence-corrected chi connectivity index (χ4v) is 2.24. The van der Waals surface area contributed by atoms with Crippen molar-refractivity contribution in [2.45, 2.75) is 45.6 Å². The lowest BCUT2D eigenvalue weighted by molar-refractivity contribution is -0.139. The summed E-state index contributed by atoms with van der Waals surface area (Å²) in [6, 6.07) is 0. The normalized spacial score (nSPS) is 17.4. The van der Waals surface area contributed by atoms with E-state index in [-0.39, 0.29) is 12.5 Å². The molecule has 0 spiro atoms. The molecule has 0 bridgehead atoms. The number of nitrogens with zero attached hydrogens (tertiary/aromatic N) is 2. The molecule has 1 aromatic rings. The minimum Gasteiger partial charge on any atom is -0.481 e. The summed E-state index contributed by atoms with van der Waals surface area (Å²) >= 11 is 0. The molecule has 19 heavy (non-hydrogen) atoms. The minimum atomic E-state index is -0.822. The van der Waals surface area contributed by atoms with Crippen LogP contribution < -0.4 is 0 Å². The molecule has 1 heterocycles. The van der Waals surface area contributed by atoms with Crippen molar-refractivity contribution in [3.8, 4) is 0 Å². The molecule has 1 aliphatic carbocycles. The van der Waals surface area contributed by atoms with E-state index in [0.29, 0.717) is 24.1 Å². The summed E-state index contributed by atoms with van der Waals surface area (Å²) in [5, 5.41) is 12.8. The summed E-state index contributed by atoms with van der Waals surface area (Å²) < 4.78 is 10.6. The lowest BCUT2D eigenvalue weighted by Gasteiger charge is -2.19. The third kappa shape index (κ3) is 3.76. The Kier molecular flexibility index (Phi) is 3.89. The van der Waals surface area contributed by atoms with Crippen LogP contribution in [0.15, 0.2) is 4.52 Å². The first-order valence-electron chi connectivity index (χ1n) is 6.48. The van der Waals surface area contributed by atoms with E-state index in [1.54, 1.807) is 7.11 Å². The highest BCUT2D eigenvalue weighted by molar-refractivity contribution is 5.67. The number of hydrogen-bond donors (Lipinski definition) is 1. The molecule has 0 saturated heterocycles. The predicted octanol–water partition coefficient (Wildman–Crippen LogP) is 2.21. The number of aromatic nitrogens is 2. The summed E-state index contributed by atoms with van der Waals surface area (Å²) in [4.78, 5) is 15.1. The maximum absolute atomic E-state index is 10.8.